The van der Waals surface area contributed by atoms with Crippen LogP contribution in [0.5, 0.6) is 0 Å². The van der Waals surface area contributed by atoms with Crippen LogP contribution in [-0.2, 0) is 11.3 Å². The van der Waals surface area contributed by atoms with E-state index in [-0.39, 0.29) is 35.8 Å². The van der Waals surface area contributed by atoms with Crippen molar-refractivity contribution in [3.8, 4) is 0 Å². The molecular formula is C20H34IN5O. The molecule has 2 N–H and O–H groups in total. The number of rotatable bonds is 7. The van der Waals surface area contributed by atoms with Gasteiger partial charge in [0.1, 0.15) is 0 Å². The smallest absolute Gasteiger partial charge is 0.222 e. The first-order valence-corrected chi connectivity index (χ1v) is 9.67. The van der Waals surface area contributed by atoms with Gasteiger partial charge >= 0.3 is 0 Å². The van der Waals surface area contributed by atoms with E-state index in [1.165, 1.54) is 5.56 Å². The number of carbonyl (C=O) groups excluding carboxylic acids is 1. The second-order valence-electron chi connectivity index (χ2n) is 6.93. The minimum atomic E-state index is 0. The van der Waals surface area contributed by atoms with Crippen molar-refractivity contribution < 1.29 is 4.79 Å². The fourth-order valence-corrected chi connectivity index (χ4v) is 2.93. The molecule has 0 spiro atoms. The molecular weight excluding hydrogens is 453 g/mol. The average Bonchev–Trinajstić information content (AvgIpc) is 2.65. The van der Waals surface area contributed by atoms with Crippen LogP contribution in [0.15, 0.2) is 35.3 Å². The van der Waals surface area contributed by atoms with Gasteiger partial charge in [-0.3, -0.25) is 14.7 Å². The molecule has 1 saturated heterocycles. The van der Waals surface area contributed by atoms with Crippen LogP contribution in [0, 0.1) is 5.92 Å². The molecule has 0 bridgehead atoms. The van der Waals surface area contributed by atoms with Gasteiger partial charge in [-0.05, 0) is 12.5 Å². The zero-order valence-corrected chi connectivity index (χ0v) is 19.1. The molecule has 27 heavy (non-hydrogen) atoms. The summed E-state index contributed by atoms with van der Waals surface area (Å²) >= 11 is 0. The number of halogens is 1. The topological polar surface area (TPSA) is 60.0 Å². The van der Waals surface area contributed by atoms with Crippen LogP contribution in [0.1, 0.15) is 26.3 Å². The molecule has 152 valence electrons. The van der Waals surface area contributed by atoms with Crippen molar-refractivity contribution in [3.05, 3.63) is 35.9 Å². The summed E-state index contributed by atoms with van der Waals surface area (Å²) in [4.78, 5) is 21.1. The van der Waals surface area contributed by atoms with E-state index < -0.39 is 0 Å². The van der Waals surface area contributed by atoms with Crippen LogP contribution >= 0.6 is 24.0 Å². The summed E-state index contributed by atoms with van der Waals surface area (Å²) < 4.78 is 0. The van der Waals surface area contributed by atoms with E-state index >= 15 is 0 Å². The van der Waals surface area contributed by atoms with Crippen LogP contribution in [0.4, 0.5) is 0 Å². The fourth-order valence-electron chi connectivity index (χ4n) is 2.93. The molecule has 7 heteroatoms. The Morgan fingerprint density at radius 1 is 1.11 bits per heavy atom. The number of nitrogens with one attached hydrogen (secondary N) is 2. The van der Waals surface area contributed by atoms with Crippen molar-refractivity contribution in [2.24, 2.45) is 10.9 Å². The Balaban J connectivity index is 0.00000364. The monoisotopic (exact) mass is 487 g/mol. The minimum absolute atomic E-state index is 0. The summed E-state index contributed by atoms with van der Waals surface area (Å²) in [6, 6.07) is 10.6. The van der Waals surface area contributed by atoms with Gasteiger partial charge in [0.05, 0.1) is 6.54 Å². The largest absolute Gasteiger partial charge is 0.357 e. The van der Waals surface area contributed by atoms with Gasteiger partial charge in [0, 0.05) is 51.7 Å². The van der Waals surface area contributed by atoms with Crippen LogP contribution in [0.3, 0.4) is 0 Å². The van der Waals surface area contributed by atoms with Crippen LogP contribution < -0.4 is 10.6 Å². The zero-order chi connectivity index (χ0) is 18.8. The standard InChI is InChI=1S/C20H33N5O.HI/c1-4-21-20(23-11-10-22-19(26)17(2)3)25-14-12-24(13-15-25)16-18-8-6-5-7-9-18;/h5-9,17H,4,10-16H2,1-3H3,(H,21,23)(H,22,26);1H. The normalized spacial score (nSPS) is 15.4. The number of guanidine groups is 1. The molecule has 1 aromatic rings. The number of nitrogens with zero attached hydrogens (tertiary/aromatic N) is 3. The zero-order valence-electron chi connectivity index (χ0n) is 16.8. The van der Waals surface area contributed by atoms with Gasteiger partial charge < -0.3 is 15.5 Å². The number of aliphatic imine (C=N–C) groups is 1. The Bertz CT molecular complexity index is 571. The average molecular weight is 487 g/mol. The molecule has 0 aromatic heterocycles. The first-order chi connectivity index (χ1) is 12.6. The van der Waals surface area contributed by atoms with Crippen LogP contribution in [0.25, 0.3) is 0 Å². The molecule has 1 aliphatic heterocycles. The van der Waals surface area contributed by atoms with Crippen molar-refractivity contribution in [2.45, 2.75) is 27.3 Å². The molecule has 1 aliphatic rings. The minimum Gasteiger partial charge on any atom is -0.357 e. The van der Waals surface area contributed by atoms with Gasteiger partial charge in [-0.25, -0.2) is 0 Å². The van der Waals surface area contributed by atoms with E-state index in [0.29, 0.717) is 13.1 Å². The Morgan fingerprint density at radius 2 is 1.78 bits per heavy atom. The van der Waals surface area contributed by atoms with E-state index in [9.17, 15) is 4.79 Å². The van der Waals surface area contributed by atoms with Gasteiger partial charge in [0.2, 0.25) is 5.91 Å². The lowest BCUT2D eigenvalue weighted by atomic mass is 10.2. The summed E-state index contributed by atoms with van der Waals surface area (Å²) in [6.45, 7) is 12.9. The first kappa shape index (κ1) is 23.7. The number of hydrogen-bond acceptors (Lipinski definition) is 3. The second kappa shape index (κ2) is 12.9. The van der Waals surface area contributed by atoms with Gasteiger partial charge in [-0.15, -0.1) is 24.0 Å². The van der Waals surface area contributed by atoms with Gasteiger partial charge in [0.15, 0.2) is 5.96 Å². The van der Waals surface area contributed by atoms with Gasteiger partial charge in [0.25, 0.3) is 0 Å². The van der Waals surface area contributed by atoms with Crippen LogP contribution in [0.2, 0.25) is 0 Å². The predicted octanol–water partition coefficient (Wildman–Crippen LogP) is 2.16. The Morgan fingerprint density at radius 3 is 2.37 bits per heavy atom. The molecule has 1 amide bonds. The molecule has 0 atom stereocenters. The highest BCUT2D eigenvalue weighted by atomic mass is 127. The summed E-state index contributed by atoms with van der Waals surface area (Å²) in [7, 11) is 0. The van der Waals surface area contributed by atoms with Crippen molar-refractivity contribution >= 4 is 35.8 Å². The lowest BCUT2D eigenvalue weighted by Gasteiger charge is -2.36. The summed E-state index contributed by atoms with van der Waals surface area (Å²) in [5.41, 5.74) is 1.36. The maximum Gasteiger partial charge on any atom is 0.222 e. The predicted molar refractivity (Wildman–Crippen MR) is 123 cm³/mol. The number of benzene rings is 1. The highest BCUT2D eigenvalue weighted by Gasteiger charge is 2.19. The van der Waals surface area contributed by atoms with Crippen LogP contribution in [-0.4, -0.2) is 67.5 Å². The third kappa shape index (κ3) is 8.47. The first-order valence-electron chi connectivity index (χ1n) is 9.67. The summed E-state index contributed by atoms with van der Waals surface area (Å²) in [5, 5.41) is 6.29. The lowest BCUT2D eigenvalue weighted by molar-refractivity contribution is -0.123. The van der Waals surface area contributed by atoms with E-state index in [0.717, 1.165) is 45.2 Å². The molecule has 1 heterocycles. The highest BCUT2D eigenvalue weighted by Crippen LogP contribution is 2.08. The van der Waals surface area contributed by atoms with Crippen molar-refractivity contribution in [3.63, 3.8) is 0 Å². The van der Waals surface area contributed by atoms with Crippen molar-refractivity contribution in [1.82, 2.24) is 20.4 Å². The van der Waals surface area contributed by atoms with Gasteiger partial charge in [-0.2, -0.15) is 0 Å². The lowest BCUT2D eigenvalue weighted by Crippen LogP contribution is -2.52. The Labute approximate surface area is 180 Å². The van der Waals surface area contributed by atoms with Gasteiger partial charge in [-0.1, -0.05) is 44.2 Å². The number of hydrogen-bond donors (Lipinski definition) is 2. The number of carbonyl (C=O) groups is 1. The molecule has 1 aromatic carbocycles. The van der Waals surface area contributed by atoms with Crippen molar-refractivity contribution in [2.75, 3.05) is 45.8 Å². The molecule has 2 rings (SSSR count). The third-order valence-electron chi connectivity index (χ3n) is 4.45. The maximum absolute atomic E-state index is 11.6. The molecule has 0 aliphatic carbocycles. The van der Waals surface area contributed by atoms with E-state index in [4.69, 9.17) is 0 Å². The maximum atomic E-state index is 11.6. The van der Waals surface area contributed by atoms with Crippen molar-refractivity contribution in [1.29, 1.82) is 0 Å². The fraction of sp³-hybridized carbons (Fsp3) is 0.600. The van der Waals surface area contributed by atoms with E-state index in [2.05, 4.69) is 62.7 Å². The number of piperazine rings is 1. The molecule has 1 fully saturated rings. The molecule has 6 nitrogen and oxygen atoms in total. The molecule has 0 saturated carbocycles. The third-order valence-corrected chi connectivity index (χ3v) is 4.45. The quantitative estimate of drug-likeness (QED) is 0.268. The Hall–Kier alpha value is -1.35. The van der Waals surface area contributed by atoms with E-state index in [1.807, 2.05) is 13.8 Å². The Kier molecular flexibility index (Phi) is 11.3. The highest BCUT2D eigenvalue weighted by molar-refractivity contribution is 14.0. The second-order valence-corrected chi connectivity index (χ2v) is 6.93. The SMILES string of the molecule is CCNC(=NCCNC(=O)C(C)C)N1CCN(Cc2ccccc2)CC1.I. The molecule has 0 radical (unpaired) electrons. The number of amides is 1. The summed E-state index contributed by atoms with van der Waals surface area (Å²) in [6.07, 6.45) is 0. The molecule has 0 unspecified atom stereocenters. The van der Waals surface area contributed by atoms with E-state index in [1.54, 1.807) is 0 Å². The summed E-state index contributed by atoms with van der Waals surface area (Å²) in [5.74, 6) is 1.05.